The zero-order valence-electron chi connectivity index (χ0n) is 18.4. The average Bonchev–Trinajstić information content (AvgIpc) is 3.12. The maximum Gasteiger partial charge on any atom is 0.283 e. The fraction of sp³-hybridized carbons (Fsp3) is 0.458. The van der Waals surface area contributed by atoms with E-state index in [9.17, 15) is 4.79 Å². The molecule has 1 fully saturated rings. The topological polar surface area (TPSA) is 54.8 Å². The Morgan fingerprint density at radius 2 is 2.17 bits per heavy atom. The van der Waals surface area contributed by atoms with E-state index in [1.807, 2.05) is 25.7 Å². The number of ether oxygens (including phenoxy) is 1. The van der Waals surface area contributed by atoms with Gasteiger partial charge < -0.3 is 9.64 Å². The molecule has 0 unspecified atom stereocenters. The number of amides is 1. The Hall–Kier alpha value is -2.31. The summed E-state index contributed by atoms with van der Waals surface area (Å²) in [7, 11) is 0. The molecule has 1 aromatic carbocycles. The van der Waals surface area contributed by atoms with Gasteiger partial charge in [0.05, 0.1) is 12.2 Å². The molecule has 3 rings (SSSR count). The van der Waals surface area contributed by atoms with Gasteiger partial charge in [-0.1, -0.05) is 42.2 Å². The van der Waals surface area contributed by atoms with E-state index in [1.165, 1.54) is 22.5 Å². The molecule has 1 amide bonds. The summed E-state index contributed by atoms with van der Waals surface area (Å²) in [5.41, 5.74) is 4.02. The highest BCUT2D eigenvalue weighted by Gasteiger charge is 2.32. The normalized spacial score (nSPS) is 16.2. The highest BCUT2D eigenvalue weighted by molar-refractivity contribution is 7.17. The highest BCUT2D eigenvalue weighted by atomic mass is 32.1. The molecule has 5 nitrogen and oxygen atoms in total. The number of rotatable bonds is 7. The van der Waals surface area contributed by atoms with Gasteiger partial charge in [-0.2, -0.15) is 0 Å². The van der Waals surface area contributed by atoms with Crippen LogP contribution < -0.4 is 0 Å². The van der Waals surface area contributed by atoms with Crippen molar-refractivity contribution in [3.8, 4) is 0 Å². The standard InChI is InChI=1S/C24H31N3O2S/c1-6-25-21-20(18(3)11-9-13-19-12-8-7-10-17(19)2)26-22(30-21)23(28)27-14-15-29-24(4,5)16-27/h6-8,10,12H,3,9,11,13-16H2,1-2,4-5H3/b25-6-. The van der Waals surface area contributed by atoms with Gasteiger partial charge in [-0.15, -0.1) is 0 Å². The van der Waals surface area contributed by atoms with E-state index < -0.39 is 0 Å². The molecule has 1 aromatic heterocycles. The maximum atomic E-state index is 13.1. The molecule has 1 aliphatic heterocycles. The lowest BCUT2D eigenvalue weighted by Gasteiger charge is -2.37. The molecule has 0 bridgehead atoms. The van der Waals surface area contributed by atoms with E-state index >= 15 is 0 Å². The van der Waals surface area contributed by atoms with Gasteiger partial charge in [-0.3, -0.25) is 4.79 Å². The van der Waals surface area contributed by atoms with Crippen LogP contribution in [0.25, 0.3) is 5.57 Å². The lowest BCUT2D eigenvalue weighted by molar-refractivity contribution is -0.0764. The Bertz CT molecular complexity index is 946. The molecule has 2 aromatic rings. The molecule has 0 aliphatic carbocycles. The summed E-state index contributed by atoms with van der Waals surface area (Å²) in [6.07, 6.45) is 4.54. The number of allylic oxidation sites excluding steroid dienone is 1. The molecule has 2 heterocycles. The van der Waals surface area contributed by atoms with Gasteiger partial charge in [-0.05, 0) is 63.7 Å². The second kappa shape index (κ2) is 9.67. The predicted octanol–water partition coefficient (Wildman–Crippen LogP) is 5.46. The molecule has 1 aliphatic rings. The van der Waals surface area contributed by atoms with Crippen molar-refractivity contribution >= 4 is 34.0 Å². The number of benzene rings is 1. The summed E-state index contributed by atoms with van der Waals surface area (Å²) < 4.78 is 5.73. The van der Waals surface area contributed by atoms with Crippen LogP contribution in [0.4, 0.5) is 5.00 Å². The molecule has 30 heavy (non-hydrogen) atoms. The van der Waals surface area contributed by atoms with E-state index in [0.717, 1.165) is 35.5 Å². The molecule has 0 N–H and O–H groups in total. The number of carbonyl (C=O) groups excluding carboxylic acids is 1. The van der Waals surface area contributed by atoms with E-state index in [-0.39, 0.29) is 11.5 Å². The lowest BCUT2D eigenvalue weighted by atomic mass is 10.0. The zero-order chi connectivity index (χ0) is 21.7. The van der Waals surface area contributed by atoms with Crippen molar-refractivity contribution in [2.45, 2.75) is 52.6 Å². The first-order valence-electron chi connectivity index (χ1n) is 10.5. The number of thiazole rings is 1. The van der Waals surface area contributed by atoms with Crippen molar-refractivity contribution in [1.82, 2.24) is 9.88 Å². The van der Waals surface area contributed by atoms with Crippen LogP contribution in [-0.4, -0.2) is 47.3 Å². The smallest absolute Gasteiger partial charge is 0.283 e. The number of aromatic nitrogens is 1. The maximum absolute atomic E-state index is 13.1. The minimum atomic E-state index is -0.336. The minimum Gasteiger partial charge on any atom is -0.372 e. The third kappa shape index (κ3) is 5.43. The Morgan fingerprint density at radius 1 is 1.40 bits per heavy atom. The number of carbonyl (C=O) groups is 1. The first-order chi connectivity index (χ1) is 14.3. The largest absolute Gasteiger partial charge is 0.372 e. The Morgan fingerprint density at radius 3 is 2.87 bits per heavy atom. The Kier molecular flexibility index (Phi) is 7.21. The molecule has 0 atom stereocenters. The summed E-state index contributed by atoms with van der Waals surface area (Å²) >= 11 is 1.34. The fourth-order valence-electron chi connectivity index (χ4n) is 3.66. The van der Waals surface area contributed by atoms with Crippen LogP contribution in [0.3, 0.4) is 0 Å². The quantitative estimate of drug-likeness (QED) is 0.554. The van der Waals surface area contributed by atoms with Gasteiger partial charge in [0.25, 0.3) is 5.91 Å². The molecular formula is C24H31N3O2S. The number of aryl methyl sites for hydroxylation is 2. The van der Waals surface area contributed by atoms with E-state index in [4.69, 9.17) is 4.74 Å². The van der Waals surface area contributed by atoms with Crippen molar-refractivity contribution < 1.29 is 9.53 Å². The number of nitrogens with zero attached hydrogens (tertiary/aromatic N) is 3. The summed E-state index contributed by atoms with van der Waals surface area (Å²) in [6, 6.07) is 8.46. The highest BCUT2D eigenvalue weighted by Crippen LogP contribution is 2.35. The van der Waals surface area contributed by atoms with Crippen LogP contribution in [0.1, 0.15) is 60.2 Å². The molecular weight excluding hydrogens is 394 g/mol. The monoisotopic (exact) mass is 425 g/mol. The summed E-state index contributed by atoms with van der Waals surface area (Å²) in [4.78, 5) is 24.0. The first kappa shape index (κ1) is 22.4. The molecule has 0 saturated carbocycles. The van der Waals surface area contributed by atoms with E-state index in [2.05, 4.69) is 47.7 Å². The number of aliphatic imine (C=N–C) groups is 1. The number of morpholine rings is 1. The van der Waals surface area contributed by atoms with Crippen LogP contribution in [0.2, 0.25) is 0 Å². The molecule has 1 saturated heterocycles. The van der Waals surface area contributed by atoms with Crippen LogP contribution in [-0.2, 0) is 11.2 Å². The second-order valence-corrected chi connectivity index (χ2v) is 9.26. The van der Waals surface area contributed by atoms with Crippen molar-refractivity contribution in [2.24, 2.45) is 4.99 Å². The van der Waals surface area contributed by atoms with Crippen molar-refractivity contribution in [1.29, 1.82) is 0 Å². The Balaban J connectivity index is 1.71. The van der Waals surface area contributed by atoms with E-state index in [1.54, 1.807) is 6.21 Å². The van der Waals surface area contributed by atoms with Gasteiger partial charge >= 0.3 is 0 Å². The van der Waals surface area contributed by atoms with Crippen molar-refractivity contribution in [3.63, 3.8) is 0 Å². The van der Waals surface area contributed by atoms with Crippen LogP contribution in [0, 0.1) is 6.92 Å². The summed E-state index contributed by atoms with van der Waals surface area (Å²) in [6.45, 7) is 14.0. The average molecular weight is 426 g/mol. The lowest BCUT2D eigenvalue weighted by Crippen LogP contribution is -2.50. The number of hydrogen-bond donors (Lipinski definition) is 0. The number of hydrogen-bond acceptors (Lipinski definition) is 5. The van der Waals surface area contributed by atoms with Gasteiger partial charge in [-0.25, -0.2) is 9.98 Å². The zero-order valence-corrected chi connectivity index (χ0v) is 19.2. The van der Waals surface area contributed by atoms with Gasteiger partial charge in [0.15, 0.2) is 5.01 Å². The molecule has 0 spiro atoms. The second-order valence-electron chi connectivity index (χ2n) is 8.28. The first-order valence-corrected chi connectivity index (χ1v) is 11.3. The summed E-state index contributed by atoms with van der Waals surface area (Å²) in [5, 5.41) is 1.23. The van der Waals surface area contributed by atoms with Crippen molar-refractivity contribution in [2.75, 3.05) is 19.7 Å². The van der Waals surface area contributed by atoms with Gasteiger partial charge in [0.2, 0.25) is 0 Å². The van der Waals surface area contributed by atoms with Gasteiger partial charge in [0, 0.05) is 19.3 Å². The molecule has 0 radical (unpaired) electrons. The molecule has 160 valence electrons. The Labute approximate surface area is 183 Å². The minimum absolute atomic E-state index is 0.0529. The molecule has 6 heteroatoms. The SMILES string of the molecule is C=C(CCCc1ccccc1C)c1nc(C(=O)N2CCOC(C)(C)C2)sc1/N=C\C. The van der Waals surface area contributed by atoms with Crippen LogP contribution in [0.5, 0.6) is 0 Å². The fourth-order valence-corrected chi connectivity index (χ4v) is 4.65. The predicted molar refractivity (Wildman–Crippen MR) is 125 cm³/mol. The van der Waals surface area contributed by atoms with Crippen LogP contribution in [0.15, 0.2) is 35.8 Å². The van der Waals surface area contributed by atoms with Gasteiger partial charge in [0.1, 0.15) is 10.7 Å². The van der Waals surface area contributed by atoms with Crippen molar-refractivity contribution in [3.05, 3.63) is 52.7 Å². The third-order valence-electron chi connectivity index (χ3n) is 5.27. The third-order valence-corrected chi connectivity index (χ3v) is 6.22. The van der Waals surface area contributed by atoms with Crippen LogP contribution >= 0.6 is 11.3 Å². The van der Waals surface area contributed by atoms with E-state index in [0.29, 0.717) is 24.7 Å². The summed E-state index contributed by atoms with van der Waals surface area (Å²) in [5.74, 6) is -0.0529.